The molecule has 17 heavy (non-hydrogen) atoms. The lowest BCUT2D eigenvalue weighted by Gasteiger charge is -2.16. The normalized spacial score (nSPS) is 14.7. The van der Waals surface area contributed by atoms with Crippen LogP contribution in [0.25, 0.3) is 0 Å². The highest BCUT2D eigenvalue weighted by Gasteiger charge is 2.28. The predicted octanol–water partition coefficient (Wildman–Crippen LogP) is 1.54. The first-order valence-electron chi connectivity index (χ1n) is 5.88. The third-order valence-corrected chi connectivity index (χ3v) is 3.04. The SMILES string of the molecule is CN(C(=O)CNCc1ccccc1F)C1CC1. The van der Waals surface area contributed by atoms with Gasteiger partial charge in [0.15, 0.2) is 0 Å². The Labute approximate surface area is 101 Å². The molecule has 0 saturated heterocycles. The van der Waals surface area contributed by atoms with Crippen molar-refractivity contribution in [3.63, 3.8) is 0 Å². The highest BCUT2D eigenvalue weighted by molar-refractivity contribution is 5.78. The summed E-state index contributed by atoms with van der Waals surface area (Å²) in [7, 11) is 1.82. The first-order valence-corrected chi connectivity index (χ1v) is 5.88. The molecule has 3 nitrogen and oxygen atoms in total. The number of rotatable bonds is 5. The van der Waals surface area contributed by atoms with E-state index >= 15 is 0 Å². The van der Waals surface area contributed by atoms with E-state index < -0.39 is 0 Å². The number of carbonyl (C=O) groups excluding carboxylic acids is 1. The van der Waals surface area contributed by atoms with Crippen LogP contribution in [-0.2, 0) is 11.3 Å². The van der Waals surface area contributed by atoms with Crippen LogP contribution in [0.4, 0.5) is 4.39 Å². The van der Waals surface area contributed by atoms with Crippen molar-refractivity contribution in [3.05, 3.63) is 35.6 Å². The molecule has 1 aromatic carbocycles. The number of likely N-dealkylation sites (N-methyl/N-ethyl adjacent to an activating group) is 1. The summed E-state index contributed by atoms with van der Waals surface area (Å²) in [5.41, 5.74) is 0.592. The highest BCUT2D eigenvalue weighted by Crippen LogP contribution is 2.25. The predicted molar refractivity (Wildman–Crippen MR) is 63.9 cm³/mol. The quantitative estimate of drug-likeness (QED) is 0.841. The monoisotopic (exact) mass is 236 g/mol. The first kappa shape index (κ1) is 12.0. The third-order valence-electron chi connectivity index (χ3n) is 3.04. The van der Waals surface area contributed by atoms with Gasteiger partial charge in [0.05, 0.1) is 6.54 Å². The Hall–Kier alpha value is -1.42. The summed E-state index contributed by atoms with van der Waals surface area (Å²) in [6.45, 7) is 0.651. The molecule has 1 saturated carbocycles. The number of hydrogen-bond donors (Lipinski definition) is 1. The Kier molecular flexibility index (Phi) is 3.74. The lowest BCUT2D eigenvalue weighted by molar-refractivity contribution is -0.129. The van der Waals surface area contributed by atoms with Gasteiger partial charge in [-0.1, -0.05) is 18.2 Å². The molecular weight excluding hydrogens is 219 g/mol. The number of amides is 1. The van der Waals surface area contributed by atoms with Crippen LogP contribution in [-0.4, -0.2) is 30.4 Å². The fraction of sp³-hybridized carbons (Fsp3) is 0.462. The average Bonchev–Trinajstić information content (AvgIpc) is 3.14. The van der Waals surface area contributed by atoms with E-state index in [1.165, 1.54) is 6.07 Å². The van der Waals surface area contributed by atoms with E-state index in [0.717, 1.165) is 12.8 Å². The molecule has 1 aliphatic rings. The fourth-order valence-electron chi connectivity index (χ4n) is 1.74. The Morgan fingerprint density at radius 3 is 2.82 bits per heavy atom. The second-order valence-corrected chi connectivity index (χ2v) is 4.43. The Morgan fingerprint density at radius 1 is 1.47 bits per heavy atom. The van der Waals surface area contributed by atoms with Crippen molar-refractivity contribution in [2.45, 2.75) is 25.4 Å². The first-order chi connectivity index (χ1) is 8.18. The van der Waals surface area contributed by atoms with Crippen LogP contribution >= 0.6 is 0 Å². The van der Waals surface area contributed by atoms with Crippen LogP contribution in [0.2, 0.25) is 0 Å². The summed E-state index contributed by atoms with van der Waals surface area (Å²) in [5, 5.41) is 2.97. The average molecular weight is 236 g/mol. The second kappa shape index (κ2) is 5.27. The third kappa shape index (κ3) is 3.27. The van der Waals surface area contributed by atoms with E-state index in [9.17, 15) is 9.18 Å². The van der Waals surface area contributed by atoms with Crippen LogP contribution in [0, 0.1) is 5.82 Å². The Morgan fingerprint density at radius 2 is 2.18 bits per heavy atom. The van der Waals surface area contributed by atoms with Gasteiger partial charge in [-0.15, -0.1) is 0 Å². The van der Waals surface area contributed by atoms with Gasteiger partial charge in [-0.2, -0.15) is 0 Å². The number of hydrogen-bond acceptors (Lipinski definition) is 2. The molecule has 1 aromatic rings. The van der Waals surface area contributed by atoms with Gasteiger partial charge in [0, 0.05) is 25.2 Å². The summed E-state index contributed by atoms with van der Waals surface area (Å²) in [6.07, 6.45) is 2.21. The van der Waals surface area contributed by atoms with Crippen molar-refractivity contribution in [3.8, 4) is 0 Å². The number of nitrogens with one attached hydrogen (secondary N) is 1. The standard InChI is InChI=1S/C13H17FN2O/c1-16(11-6-7-11)13(17)9-15-8-10-4-2-3-5-12(10)14/h2-5,11,15H,6-9H2,1H3. The van der Waals surface area contributed by atoms with E-state index in [0.29, 0.717) is 18.2 Å². The molecule has 0 spiro atoms. The van der Waals surface area contributed by atoms with Gasteiger partial charge in [-0.25, -0.2) is 4.39 Å². The maximum Gasteiger partial charge on any atom is 0.236 e. The van der Waals surface area contributed by atoms with E-state index in [2.05, 4.69) is 5.32 Å². The van der Waals surface area contributed by atoms with Gasteiger partial charge in [0.2, 0.25) is 5.91 Å². The van der Waals surface area contributed by atoms with E-state index in [4.69, 9.17) is 0 Å². The zero-order valence-electron chi connectivity index (χ0n) is 9.95. The Balaban J connectivity index is 1.75. The molecule has 1 aliphatic carbocycles. The molecule has 0 heterocycles. The number of nitrogens with zero attached hydrogens (tertiary/aromatic N) is 1. The van der Waals surface area contributed by atoms with Gasteiger partial charge in [-0.3, -0.25) is 4.79 Å². The summed E-state index contributed by atoms with van der Waals surface area (Å²) in [6, 6.07) is 7.02. The Bertz CT molecular complexity index is 404. The molecule has 0 bridgehead atoms. The minimum Gasteiger partial charge on any atom is -0.342 e. The molecule has 0 atom stereocenters. The largest absolute Gasteiger partial charge is 0.342 e. The van der Waals surface area contributed by atoms with Crippen molar-refractivity contribution in [1.82, 2.24) is 10.2 Å². The van der Waals surface area contributed by atoms with Crippen molar-refractivity contribution < 1.29 is 9.18 Å². The maximum absolute atomic E-state index is 13.3. The van der Waals surface area contributed by atoms with Crippen molar-refractivity contribution in [2.24, 2.45) is 0 Å². The van der Waals surface area contributed by atoms with Crippen LogP contribution < -0.4 is 5.32 Å². The highest BCUT2D eigenvalue weighted by atomic mass is 19.1. The minimum absolute atomic E-state index is 0.0730. The van der Waals surface area contributed by atoms with Crippen LogP contribution in [0.15, 0.2) is 24.3 Å². The molecule has 1 fully saturated rings. The second-order valence-electron chi connectivity index (χ2n) is 4.43. The van der Waals surface area contributed by atoms with Gasteiger partial charge in [0.1, 0.15) is 5.82 Å². The van der Waals surface area contributed by atoms with Gasteiger partial charge in [-0.05, 0) is 18.9 Å². The summed E-state index contributed by atoms with van der Waals surface area (Å²) < 4.78 is 13.3. The number of halogens is 1. The molecule has 92 valence electrons. The molecule has 1 amide bonds. The molecule has 0 radical (unpaired) electrons. The van der Waals surface area contributed by atoms with Gasteiger partial charge in [0.25, 0.3) is 0 Å². The summed E-state index contributed by atoms with van der Waals surface area (Å²) >= 11 is 0. The van der Waals surface area contributed by atoms with Crippen LogP contribution in [0.5, 0.6) is 0 Å². The lowest BCUT2D eigenvalue weighted by atomic mass is 10.2. The van der Waals surface area contributed by atoms with Crippen molar-refractivity contribution in [2.75, 3.05) is 13.6 Å². The van der Waals surface area contributed by atoms with E-state index in [1.54, 1.807) is 23.1 Å². The van der Waals surface area contributed by atoms with E-state index in [-0.39, 0.29) is 18.3 Å². The van der Waals surface area contributed by atoms with Crippen molar-refractivity contribution >= 4 is 5.91 Å². The minimum atomic E-state index is -0.233. The topological polar surface area (TPSA) is 32.3 Å². The molecule has 1 N–H and O–H groups in total. The van der Waals surface area contributed by atoms with Crippen LogP contribution in [0.1, 0.15) is 18.4 Å². The molecule has 2 rings (SSSR count). The smallest absolute Gasteiger partial charge is 0.236 e. The molecular formula is C13H17FN2O. The summed E-state index contributed by atoms with van der Waals surface area (Å²) in [5.74, 6) is -0.160. The van der Waals surface area contributed by atoms with E-state index in [1.807, 2.05) is 7.05 Å². The van der Waals surface area contributed by atoms with Gasteiger partial charge < -0.3 is 10.2 Å². The maximum atomic E-state index is 13.3. The number of benzene rings is 1. The molecule has 0 aromatic heterocycles. The summed E-state index contributed by atoms with van der Waals surface area (Å²) in [4.78, 5) is 13.4. The zero-order valence-corrected chi connectivity index (χ0v) is 9.95. The van der Waals surface area contributed by atoms with Crippen LogP contribution in [0.3, 0.4) is 0 Å². The fourth-order valence-corrected chi connectivity index (χ4v) is 1.74. The van der Waals surface area contributed by atoms with Gasteiger partial charge >= 0.3 is 0 Å². The molecule has 0 unspecified atom stereocenters. The van der Waals surface area contributed by atoms with Crippen molar-refractivity contribution in [1.29, 1.82) is 0 Å². The molecule has 0 aliphatic heterocycles. The number of carbonyl (C=O) groups is 1. The molecule has 4 heteroatoms. The lowest BCUT2D eigenvalue weighted by Crippen LogP contribution is -2.36. The zero-order chi connectivity index (χ0) is 12.3.